The molecule has 2 N–H and O–H groups in total. The number of aliphatic hydroxyl groups is 1. The molecule has 5 rings (SSSR count). The van der Waals surface area contributed by atoms with Gasteiger partial charge in [-0.15, -0.1) is 0 Å². The lowest BCUT2D eigenvalue weighted by Gasteiger charge is -2.26. The van der Waals surface area contributed by atoms with E-state index in [-0.39, 0.29) is 23.3 Å². The van der Waals surface area contributed by atoms with E-state index in [1.807, 2.05) is 6.92 Å². The lowest BCUT2D eigenvalue weighted by molar-refractivity contribution is -0.132. The summed E-state index contributed by atoms with van der Waals surface area (Å²) in [5.74, 6) is -0.862. The first kappa shape index (κ1) is 24.1. The summed E-state index contributed by atoms with van der Waals surface area (Å²) in [6, 6.07) is 18.0. The number of hydrogen-bond acceptors (Lipinski definition) is 6. The van der Waals surface area contributed by atoms with Crippen LogP contribution in [-0.2, 0) is 20.8 Å². The van der Waals surface area contributed by atoms with Crippen LogP contribution in [-0.4, -0.2) is 35.9 Å². The van der Waals surface area contributed by atoms with E-state index in [2.05, 4.69) is 5.32 Å². The van der Waals surface area contributed by atoms with E-state index < -0.39 is 17.7 Å². The Morgan fingerprint density at radius 3 is 2.51 bits per heavy atom. The van der Waals surface area contributed by atoms with Crippen molar-refractivity contribution in [1.29, 1.82) is 0 Å². The Hall–Kier alpha value is -4.59. The van der Waals surface area contributed by atoms with E-state index in [1.54, 1.807) is 66.7 Å². The topological polar surface area (TPSA) is 105 Å². The van der Waals surface area contributed by atoms with Gasteiger partial charge >= 0.3 is 0 Å². The molecule has 0 radical (unpaired) electrons. The first-order valence-corrected chi connectivity index (χ1v) is 11.9. The number of carbonyl (C=O) groups is 3. The van der Waals surface area contributed by atoms with Crippen LogP contribution in [0.5, 0.6) is 11.5 Å². The number of aliphatic hydroxyl groups excluding tert-OH is 1. The van der Waals surface area contributed by atoms with Crippen LogP contribution in [0.1, 0.15) is 36.6 Å². The fourth-order valence-electron chi connectivity index (χ4n) is 4.92. The van der Waals surface area contributed by atoms with E-state index in [0.717, 1.165) is 11.3 Å². The molecule has 0 bridgehead atoms. The molecule has 0 aromatic heterocycles. The van der Waals surface area contributed by atoms with Gasteiger partial charge in [-0.3, -0.25) is 19.3 Å². The lowest BCUT2D eigenvalue weighted by Crippen LogP contribution is -2.29. The SMILES string of the molecule is COc1ccccc1C1/C(=C(\O)c2ccc3c(c2)CC(C)O3)C(=O)C(=O)N1c1ccc(NC(C)=O)cc1. The highest BCUT2D eigenvalue weighted by atomic mass is 16.5. The molecule has 2 aliphatic heterocycles. The van der Waals surface area contributed by atoms with Gasteiger partial charge in [0.05, 0.1) is 18.7 Å². The van der Waals surface area contributed by atoms with Gasteiger partial charge in [-0.2, -0.15) is 0 Å². The Kier molecular flexibility index (Phi) is 6.17. The predicted molar refractivity (Wildman–Crippen MR) is 139 cm³/mol. The summed E-state index contributed by atoms with van der Waals surface area (Å²) in [4.78, 5) is 39.7. The zero-order valence-electron chi connectivity index (χ0n) is 20.6. The number of nitrogens with one attached hydrogen (secondary N) is 1. The number of amides is 2. The van der Waals surface area contributed by atoms with Gasteiger partial charge in [0.2, 0.25) is 5.91 Å². The fraction of sp³-hybridized carbons (Fsp3) is 0.207. The van der Waals surface area contributed by atoms with Crippen molar-refractivity contribution in [1.82, 2.24) is 0 Å². The molecule has 0 aliphatic carbocycles. The number of para-hydroxylation sites is 1. The van der Waals surface area contributed by atoms with E-state index in [9.17, 15) is 19.5 Å². The van der Waals surface area contributed by atoms with Crippen molar-refractivity contribution in [2.24, 2.45) is 0 Å². The predicted octanol–water partition coefficient (Wildman–Crippen LogP) is 4.60. The largest absolute Gasteiger partial charge is 0.507 e. The highest BCUT2D eigenvalue weighted by Crippen LogP contribution is 2.45. The lowest BCUT2D eigenvalue weighted by atomic mass is 9.93. The van der Waals surface area contributed by atoms with Crippen LogP contribution in [0.2, 0.25) is 0 Å². The van der Waals surface area contributed by atoms with Crippen LogP contribution in [0.25, 0.3) is 5.76 Å². The number of hydrogen-bond donors (Lipinski definition) is 2. The van der Waals surface area contributed by atoms with E-state index >= 15 is 0 Å². The number of anilines is 2. The average Bonchev–Trinajstić information content (AvgIpc) is 3.39. The molecule has 2 heterocycles. The zero-order valence-corrected chi connectivity index (χ0v) is 20.6. The first-order chi connectivity index (χ1) is 17.8. The van der Waals surface area contributed by atoms with Gasteiger partial charge in [-0.25, -0.2) is 0 Å². The van der Waals surface area contributed by atoms with E-state index in [4.69, 9.17) is 9.47 Å². The third-order valence-electron chi connectivity index (χ3n) is 6.51. The summed E-state index contributed by atoms with van der Waals surface area (Å²) < 4.78 is 11.3. The number of methoxy groups -OCH3 is 1. The van der Waals surface area contributed by atoms with Gasteiger partial charge in [-0.1, -0.05) is 18.2 Å². The Balaban J connectivity index is 1.67. The molecule has 8 nitrogen and oxygen atoms in total. The number of rotatable bonds is 5. The molecule has 3 aromatic carbocycles. The number of carbonyl (C=O) groups excluding carboxylic acids is 3. The number of ketones is 1. The van der Waals surface area contributed by atoms with Crippen molar-refractivity contribution in [2.75, 3.05) is 17.3 Å². The molecule has 2 aliphatic rings. The van der Waals surface area contributed by atoms with Crippen molar-refractivity contribution >= 4 is 34.7 Å². The molecule has 2 unspecified atom stereocenters. The summed E-state index contributed by atoms with van der Waals surface area (Å²) in [5.41, 5.74) is 2.85. The minimum atomic E-state index is -0.939. The second-order valence-electron chi connectivity index (χ2n) is 9.09. The minimum Gasteiger partial charge on any atom is -0.507 e. The Labute approximate surface area is 214 Å². The van der Waals surface area contributed by atoms with Crippen LogP contribution in [0, 0.1) is 0 Å². The highest BCUT2D eigenvalue weighted by molar-refractivity contribution is 6.51. The Morgan fingerprint density at radius 2 is 1.81 bits per heavy atom. The minimum absolute atomic E-state index is 0.0204. The molecule has 37 heavy (non-hydrogen) atoms. The van der Waals surface area contributed by atoms with Crippen LogP contribution in [0.3, 0.4) is 0 Å². The molecule has 188 valence electrons. The highest BCUT2D eigenvalue weighted by Gasteiger charge is 2.48. The maximum absolute atomic E-state index is 13.5. The van der Waals surface area contributed by atoms with E-state index in [0.29, 0.717) is 34.7 Å². The molecule has 2 amide bonds. The van der Waals surface area contributed by atoms with Gasteiger partial charge in [0.15, 0.2) is 0 Å². The summed E-state index contributed by atoms with van der Waals surface area (Å²) >= 11 is 0. The summed E-state index contributed by atoms with van der Waals surface area (Å²) in [6.07, 6.45) is 0.702. The molecule has 3 aromatic rings. The van der Waals surface area contributed by atoms with Gasteiger partial charge in [0.1, 0.15) is 23.4 Å². The van der Waals surface area contributed by atoms with Crippen molar-refractivity contribution < 1.29 is 29.0 Å². The second-order valence-corrected chi connectivity index (χ2v) is 9.09. The van der Waals surface area contributed by atoms with Crippen LogP contribution in [0.4, 0.5) is 11.4 Å². The molecule has 0 saturated carbocycles. The monoisotopic (exact) mass is 498 g/mol. The third kappa shape index (κ3) is 4.31. The maximum Gasteiger partial charge on any atom is 0.300 e. The van der Waals surface area contributed by atoms with Gasteiger partial charge in [0.25, 0.3) is 11.7 Å². The van der Waals surface area contributed by atoms with Crippen LogP contribution in [0.15, 0.2) is 72.3 Å². The van der Waals surface area contributed by atoms with Gasteiger partial charge < -0.3 is 19.9 Å². The number of benzene rings is 3. The van der Waals surface area contributed by atoms with Gasteiger partial charge in [-0.05, 0) is 61.0 Å². The molecule has 8 heteroatoms. The van der Waals surface area contributed by atoms with Crippen molar-refractivity contribution in [3.05, 3.63) is 89.0 Å². The molecule has 1 fully saturated rings. The maximum atomic E-state index is 13.5. The zero-order chi connectivity index (χ0) is 26.3. The molecule has 1 saturated heterocycles. The smallest absolute Gasteiger partial charge is 0.300 e. The van der Waals surface area contributed by atoms with Crippen molar-refractivity contribution in [3.8, 4) is 11.5 Å². The average molecular weight is 499 g/mol. The van der Waals surface area contributed by atoms with Crippen molar-refractivity contribution in [3.63, 3.8) is 0 Å². The first-order valence-electron chi connectivity index (χ1n) is 11.9. The molecular formula is C29H26N2O6. The number of nitrogens with zero attached hydrogens (tertiary/aromatic N) is 1. The Morgan fingerprint density at radius 1 is 1.08 bits per heavy atom. The van der Waals surface area contributed by atoms with E-state index in [1.165, 1.54) is 18.9 Å². The summed E-state index contributed by atoms with van der Waals surface area (Å²) in [5, 5.41) is 14.1. The molecule has 2 atom stereocenters. The number of ether oxygens (including phenoxy) is 2. The number of Topliss-reactive ketones (excluding diaryl/α,β-unsaturated/α-hetero) is 1. The van der Waals surface area contributed by atoms with Crippen molar-refractivity contribution in [2.45, 2.75) is 32.4 Å². The summed E-state index contributed by atoms with van der Waals surface area (Å²) in [7, 11) is 1.51. The fourth-order valence-corrected chi connectivity index (χ4v) is 4.92. The quantitative estimate of drug-likeness (QED) is 0.303. The van der Waals surface area contributed by atoms with Gasteiger partial charge in [0, 0.05) is 35.8 Å². The van der Waals surface area contributed by atoms with Crippen LogP contribution >= 0.6 is 0 Å². The standard InChI is InChI=1S/C29H26N2O6/c1-16-14-19-15-18(8-13-23(19)37-16)27(33)25-26(22-6-4-5-7-24(22)36-3)31(29(35)28(25)34)21-11-9-20(10-12-21)30-17(2)32/h4-13,15-16,26,33H,14H2,1-3H3,(H,30,32)/b27-25+. The second kappa shape index (κ2) is 9.46. The molecule has 0 spiro atoms. The number of fused-ring (bicyclic) bond motifs is 1. The summed E-state index contributed by atoms with van der Waals surface area (Å²) in [6.45, 7) is 3.36. The normalized spacial score (nSPS) is 19.9. The Bertz CT molecular complexity index is 1440. The van der Waals surface area contributed by atoms with Crippen LogP contribution < -0.4 is 19.7 Å². The third-order valence-corrected chi connectivity index (χ3v) is 6.51. The molecular weight excluding hydrogens is 472 g/mol.